The smallest absolute Gasteiger partial charge is 0.322 e. The second-order valence-electron chi connectivity index (χ2n) is 6.58. The average Bonchev–Trinajstić information content (AvgIpc) is 3.33. The van der Waals surface area contributed by atoms with Gasteiger partial charge in [-0.2, -0.15) is 0 Å². The highest BCUT2D eigenvalue weighted by molar-refractivity contribution is 7.22. The number of aromatic nitrogens is 3. The molecule has 0 fully saturated rings. The average molecular weight is 378 g/mol. The van der Waals surface area contributed by atoms with Crippen molar-refractivity contribution >= 4 is 32.7 Å². The number of hydrogen-bond acceptors (Lipinski definition) is 7. The van der Waals surface area contributed by atoms with Gasteiger partial charge in [0.2, 0.25) is 5.89 Å². The van der Waals surface area contributed by atoms with E-state index in [9.17, 15) is 0 Å². The van der Waals surface area contributed by atoms with E-state index in [4.69, 9.17) is 9.15 Å². The first-order valence-corrected chi connectivity index (χ1v) is 9.77. The first-order chi connectivity index (χ1) is 13.3. The van der Waals surface area contributed by atoms with E-state index in [-0.39, 0.29) is 0 Å². The minimum atomic E-state index is 0.341. The number of nitrogens with one attached hydrogen (secondary N) is 1. The number of thiazole rings is 1. The first kappa shape index (κ1) is 16.3. The summed E-state index contributed by atoms with van der Waals surface area (Å²) >= 11 is 1.53. The summed E-state index contributed by atoms with van der Waals surface area (Å²) in [6.45, 7) is 0. The molecule has 2 aromatic carbocycles. The molecule has 1 aliphatic carbocycles. The number of anilines is 2. The van der Waals surface area contributed by atoms with Crippen LogP contribution in [0.5, 0.6) is 5.75 Å². The number of nitrogens with zero attached hydrogens (tertiary/aromatic N) is 3. The molecule has 4 aromatic rings. The van der Waals surface area contributed by atoms with Crippen LogP contribution in [0.15, 0.2) is 40.8 Å². The van der Waals surface area contributed by atoms with Crippen LogP contribution in [0, 0.1) is 0 Å². The largest absolute Gasteiger partial charge is 0.497 e. The van der Waals surface area contributed by atoms with Crippen molar-refractivity contribution < 1.29 is 9.15 Å². The van der Waals surface area contributed by atoms with Gasteiger partial charge in [-0.15, -0.1) is 5.10 Å². The van der Waals surface area contributed by atoms with E-state index in [1.165, 1.54) is 35.3 Å². The lowest BCUT2D eigenvalue weighted by molar-refractivity contribution is 0.415. The van der Waals surface area contributed by atoms with Gasteiger partial charge in [0.05, 0.1) is 17.3 Å². The molecule has 0 amide bonds. The van der Waals surface area contributed by atoms with Crippen molar-refractivity contribution in [1.82, 2.24) is 15.2 Å². The fourth-order valence-electron chi connectivity index (χ4n) is 3.44. The normalized spacial score (nSPS) is 13.5. The Bertz CT molecular complexity index is 1120. The van der Waals surface area contributed by atoms with Crippen LogP contribution >= 0.6 is 11.3 Å². The molecule has 0 saturated carbocycles. The molecule has 6 nitrogen and oxygen atoms in total. The zero-order valence-electron chi connectivity index (χ0n) is 14.9. The van der Waals surface area contributed by atoms with Crippen molar-refractivity contribution in [1.29, 1.82) is 0 Å². The quantitative estimate of drug-likeness (QED) is 0.540. The van der Waals surface area contributed by atoms with E-state index < -0.39 is 0 Å². The van der Waals surface area contributed by atoms with Crippen molar-refractivity contribution in [2.45, 2.75) is 25.7 Å². The van der Waals surface area contributed by atoms with Gasteiger partial charge >= 0.3 is 6.01 Å². The van der Waals surface area contributed by atoms with Crippen LogP contribution in [0.25, 0.3) is 21.7 Å². The Morgan fingerprint density at radius 3 is 2.81 bits per heavy atom. The Hall–Kier alpha value is -2.93. The number of fused-ring (bicyclic) bond motifs is 2. The van der Waals surface area contributed by atoms with Gasteiger partial charge in [-0.25, -0.2) is 4.98 Å². The molecule has 0 atom stereocenters. The van der Waals surface area contributed by atoms with Crippen LogP contribution in [0.1, 0.15) is 24.0 Å². The molecule has 1 aliphatic rings. The molecule has 136 valence electrons. The maximum atomic E-state index is 5.81. The summed E-state index contributed by atoms with van der Waals surface area (Å²) in [6, 6.07) is 12.6. The molecule has 7 heteroatoms. The molecular weight excluding hydrogens is 360 g/mol. The van der Waals surface area contributed by atoms with Crippen molar-refractivity contribution in [3.05, 3.63) is 47.5 Å². The summed E-state index contributed by atoms with van der Waals surface area (Å²) in [7, 11) is 1.65. The lowest BCUT2D eigenvalue weighted by Crippen LogP contribution is -2.02. The van der Waals surface area contributed by atoms with Gasteiger partial charge in [0.1, 0.15) is 5.75 Å². The predicted octanol–water partition coefficient (Wildman–Crippen LogP) is 4.98. The number of hydrogen-bond donors (Lipinski definition) is 1. The van der Waals surface area contributed by atoms with Crippen LogP contribution in [-0.2, 0) is 12.8 Å². The number of aryl methyl sites for hydroxylation is 2. The third kappa shape index (κ3) is 3.14. The number of rotatable bonds is 4. The molecule has 0 aliphatic heterocycles. The molecule has 0 radical (unpaired) electrons. The molecule has 0 bridgehead atoms. The van der Waals surface area contributed by atoms with Crippen molar-refractivity contribution in [2.75, 3.05) is 12.4 Å². The van der Waals surface area contributed by atoms with Crippen LogP contribution < -0.4 is 10.1 Å². The second-order valence-corrected chi connectivity index (χ2v) is 7.61. The van der Waals surface area contributed by atoms with Crippen molar-refractivity contribution in [2.24, 2.45) is 0 Å². The lowest BCUT2D eigenvalue weighted by Gasteiger charge is -2.15. The van der Waals surface area contributed by atoms with Gasteiger partial charge in [-0.1, -0.05) is 22.5 Å². The molecule has 2 aromatic heterocycles. The SMILES string of the molecule is COc1ccc2sc(Nc3nnc(-c4ccc5c(c4)CCCC5)o3)nc2c1. The van der Waals surface area contributed by atoms with Crippen LogP contribution in [0.2, 0.25) is 0 Å². The Morgan fingerprint density at radius 2 is 1.93 bits per heavy atom. The van der Waals surface area contributed by atoms with Gasteiger partial charge < -0.3 is 9.15 Å². The first-order valence-electron chi connectivity index (χ1n) is 8.96. The second kappa shape index (κ2) is 6.66. The van der Waals surface area contributed by atoms with Crippen LogP contribution in [-0.4, -0.2) is 22.3 Å². The number of ether oxygens (including phenoxy) is 1. The maximum absolute atomic E-state index is 5.81. The molecule has 5 rings (SSSR count). The maximum Gasteiger partial charge on any atom is 0.322 e. The summed E-state index contributed by atoms with van der Waals surface area (Å²) in [5, 5.41) is 12.1. The minimum absolute atomic E-state index is 0.341. The summed E-state index contributed by atoms with van der Waals surface area (Å²) in [5.41, 5.74) is 4.67. The number of methoxy groups -OCH3 is 1. The van der Waals surface area contributed by atoms with Crippen LogP contribution in [0.3, 0.4) is 0 Å². The summed E-state index contributed by atoms with van der Waals surface area (Å²) in [4.78, 5) is 4.56. The third-order valence-corrected chi connectivity index (χ3v) is 5.78. The third-order valence-electron chi connectivity index (χ3n) is 4.83. The van der Waals surface area contributed by atoms with Gasteiger partial charge in [0, 0.05) is 11.6 Å². The van der Waals surface area contributed by atoms with E-state index in [0.717, 1.165) is 34.4 Å². The Labute approximate surface area is 160 Å². The summed E-state index contributed by atoms with van der Waals surface area (Å²) in [6.07, 6.45) is 4.80. The zero-order chi connectivity index (χ0) is 18.2. The van der Waals surface area contributed by atoms with E-state index in [0.29, 0.717) is 17.0 Å². The topological polar surface area (TPSA) is 73.1 Å². The summed E-state index contributed by atoms with van der Waals surface area (Å²) < 4.78 is 12.1. The predicted molar refractivity (Wildman–Crippen MR) is 106 cm³/mol. The highest BCUT2D eigenvalue weighted by Gasteiger charge is 2.15. The highest BCUT2D eigenvalue weighted by Crippen LogP contribution is 2.32. The van der Waals surface area contributed by atoms with Crippen molar-refractivity contribution in [3.63, 3.8) is 0 Å². The van der Waals surface area contributed by atoms with Gasteiger partial charge in [0.25, 0.3) is 0 Å². The van der Waals surface area contributed by atoms with Gasteiger partial charge in [-0.3, -0.25) is 5.32 Å². The molecule has 27 heavy (non-hydrogen) atoms. The molecule has 1 N–H and O–H groups in total. The van der Waals surface area contributed by atoms with Gasteiger partial charge in [0.15, 0.2) is 5.13 Å². The standard InChI is InChI=1S/C20H18N4O2S/c1-25-15-8-9-17-16(11-15)21-20(27-17)22-19-24-23-18(26-19)14-7-6-12-4-2-3-5-13(12)10-14/h6-11H,2-5H2,1H3,(H,21,22,24). The van der Waals surface area contributed by atoms with Gasteiger partial charge in [-0.05, 0) is 61.1 Å². The van der Waals surface area contributed by atoms with Crippen LogP contribution in [0.4, 0.5) is 11.1 Å². The molecule has 2 heterocycles. The Morgan fingerprint density at radius 1 is 1.04 bits per heavy atom. The zero-order valence-corrected chi connectivity index (χ0v) is 15.7. The number of benzene rings is 2. The minimum Gasteiger partial charge on any atom is -0.497 e. The fourth-order valence-corrected chi connectivity index (χ4v) is 4.27. The monoisotopic (exact) mass is 378 g/mol. The van der Waals surface area contributed by atoms with E-state index in [1.807, 2.05) is 18.2 Å². The molecule has 0 unspecified atom stereocenters. The fraction of sp³-hybridized carbons (Fsp3) is 0.250. The highest BCUT2D eigenvalue weighted by atomic mass is 32.1. The Kier molecular flexibility index (Phi) is 4.01. The molecular formula is C20H18N4O2S. The summed E-state index contributed by atoms with van der Waals surface area (Å²) in [5.74, 6) is 1.31. The Balaban J connectivity index is 1.39. The van der Waals surface area contributed by atoms with Crippen molar-refractivity contribution in [3.8, 4) is 17.2 Å². The van der Waals surface area contributed by atoms with E-state index in [1.54, 1.807) is 7.11 Å². The van der Waals surface area contributed by atoms with E-state index in [2.05, 4.69) is 38.7 Å². The molecule has 0 spiro atoms. The lowest BCUT2D eigenvalue weighted by atomic mass is 9.90. The molecule has 0 saturated heterocycles. The van der Waals surface area contributed by atoms with E-state index >= 15 is 0 Å².